The van der Waals surface area contributed by atoms with Gasteiger partial charge in [0, 0.05) is 20.0 Å². The number of rotatable bonds is 1. The lowest BCUT2D eigenvalue weighted by Gasteiger charge is -2.37. The van der Waals surface area contributed by atoms with Crippen LogP contribution in [-0.2, 0) is 4.79 Å². The van der Waals surface area contributed by atoms with Gasteiger partial charge in [-0.25, -0.2) is 0 Å². The van der Waals surface area contributed by atoms with Crippen LogP contribution in [0.2, 0.25) is 0 Å². The molecular formula is C8H17N3O. The predicted octanol–water partition coefficient (Wildman–Crippen LogP) is -0.497. The second-order valence-corrected chi connectivity index (χ2v) is 3.64. The third kappa shape index (κ3) is 2.46. The van der Waals surface area contributed by atoms with Gasteiger partial charge in [0.1, 0.15) is 0 Å². The van der Waals surface area contributed by atoms with Gasteiger partial charge in [0.2, 0.25) is 5.91 Å². The number of amides is 1. The highest BCUT2D eigenvalue weighted by Gasteiger charge is 2.29. The van der Waals surface area contributed by atoms with Crippen LogP contribution in [-0.4, -0.2) is 36.6 Å². The first-order chi connectivity index (χ1) is 5.52. The third-order valence-corrected chi connectivity index (χ3v) is 2.30. The van der Waals surface area contributed by atoms with Crippen molar-refractivity contribution in [3.63, 3.8) is 0 Å². The molecule has 0 aliphatic carbocycles. The van der Waals surface area contributed by atoms with Crippen LogP contribution in [0.5, 0.6) is 0 Å². The predicted molar refractivity (Wildman–Crippen MR) is 47.5 cm³/mol. The molecular weight excluding hydrogens is 154 g/mol. The van der Waals surface area contributed by atoms with Crippen molar-refractivity contribution in [2.24, 2.45) is 5.73 Å². The molecule has 0 radical (unpaired) electrons. The molecule has 0 atom stereocenters. The summed E-state index contributed by atoms with van der Waals surface area (Å²) in [6, 6.07) is 0. The van der Waals surface area contributed by atoms with Crippen molar-refractivity contribution in [1.82, 2.24) is 10.2 Å². The van der Waals surface area contributed by atoms with Crippen LogP contribution in [0, 0.1) is 0 Å². The van der Waals surface area contributed by atoms with E-state index in [4.69, 9.17) is 5.73 Å². The minimum atomic E-state index is -0.460. The molecule has 1 aliphatic rings. The Hall–Kier alpha value is -0.610. The fourth-order valence-electron chi connectivity index (χ4n) is 1.49. The van der Waals surface area contributed by atoms with Crippen LogP contribution in [0.25, 0.3) is 0 Å². The van der Waals surface area contributed by atoms with E-state index in [1.165, 1.54) is 6.92 Å². The van der Waals surface area contributed by atoms with E-state index < -0.39 is 5.66 Å². The number of carbonyl (C=O) groups excluding carboxylic acids is 1. The minimum absolute atomic E-state index is 0.0398. The van der Waals surface area contributed by atoms with Crippen molar-refractivity contribution in [2.45, 2.75) is 25.4 Å². The van der Waals surface area contributed by atoms with Gasteiger partial charge in [0.15, 0.2) is 0 Å². The first-order valence-electron chi connectivity index (χ1n) is 4.28. The van der Waals surface area contributed by atoms with E-state index in [1.54, 1.807) is 0 Å². The molecule has 4 nitrogen and oxygen atoms in total. The van der Waals surface area contributed by atoms with E-state index in [1.807, 2.05) is 0 Å². The highest BCUT2D eigenvalue weighted by molar-refractivity contribution is 5.73. The zero-order valence-corrected chi connectivity index (χ0v) is 7.76. The normalized spacial score (nSPS) is 23.6. The Balaban J connectivity index is 2.44. The van der Waals surface area contributed by atoms with Crippen LogP contribution in [0.4, 0.5) is 0 Å². The lowest BCUT2D eigenvalue weighted by molar-refractivity contribution is -0.121. The summed E-state index contributed by atoms with van der Waals surface area (Å²) < 4.78 is 0. The van der Waals surface area contributed by atoms with Gasteiger partial charge in [0.05, 0.1) is 5.66 Å². The van der Waals surface area contributed by atoms with Gasteiger partial charge in [-0.15, -0.1) is 0 Å². The van der Waals surface area contributed by atoms with Gasteiger partial charge in [0.25, 0.3) is 0 Å². The average Bonchev–Trinajstić information content (AvgIpc) is 1.94. The van der Waals surface area contributed by atoms with Crippen molar-refractivity contribution in [2.75, 3.05) is 20.1 Å². The standard InChI is InChI=1S/C8H17N3O/c1-7(12)10-8(9)3-5-11(2)6-4-8/h3-6,9H2,1-2H3,(H,10,12). The maximum atomic E-state index is 10.8. The minimum Gasteiger partial charge on any atom is -0.338 e. The average molecular weight is 171 g/mol. The van der Waals surface area contributed by atoms with Crippen LogP contribution < -0.4 is 11.1 Å². The SMILES string of the molecule is CC(=O)NC1(N)CCN(C)CC1. The Bertz CT molecular complexity index is 173. The van der Waals surface area contributed by atoms with Crippen molar-refractivity contribution in [3.8, 4) is 0 Å². The van der Waals surface area contributed by atoms with E-state index in [0.717, 1.165) is 25.9 Å². The van der Waals surface area contributed by atoms with Gasteiger partial charge in [-0.3, -0.25) is 4.79 Å². The molecule has 1 aliphatic heterocycles. The Morgan fingerprint density at radius 1 is 1.50 bits per heavy atom. The van der Waals surface area contributed by atoms with E-state index in [0.29, 0.717) is 0 Å². The summed E-state index contributed by atoms with van der Waals surface area (Å²) in [6.07, 6.45) is 1.67. The maximum Gasteiger partial charge on any atom is 0.218 e. The summed E-state index contributed by atoms with van der Waals surface area (Å²) >= 11 is 0. The largest absolute Gasteiger partial charge is 0.338 e. The number of nitrogens with two attached hydrogens (primary N) is 1. The Morgan fingerprint density at radius 2 is 2.00 bits per heavy atom. The summed E-state index contributed by atoms with van der Waals surface area (Å²) in [5.41, 5.74) is 5.50. The van der Waals surface area contributed by atoms with Gasteiger partial charge >= 0.3 is 0 Å². The van der Waals surface area contributed by atoms with Crippen molar-refractivity contribution >= 4 is 5.91 Å². The van der Waals surface area contributed by atoms with Gasteiger partial charge in [-0.2, -0.15) is 0 Å². The number of nitrogens with zero attached hydrogens (tertiary/aromatic N) is 1. The quantitative estimate of drug-likeness (QED) is 0.523. The van der Waals surface area contributed by atoms with Crippen molar-refractivity contribution < 1.29 is 4.79 Å². The molecule has 3 N–H and O–H groups in total. The van der Waals surface area contributed by atoms with Gasteiger partial charge < -0.3 is 16.0 Å². The van der Waals surface area contributed by atoms with Crippen LogP contribution in [0.3, 0.4) is 0 Å². The monoisotopic (exact) mass is 171 g/mol. The number of carbonyl (C=O) groups is 1. The molecule has 12 heavy (non-hydrogen) atoms. The third-order valence-electron chi connectivity index (χ3n) is 2.30. The van der Waals surface area contributed by atoms with Crippen LogP contribution in [0.15, 0.2) is 0 Å². The second-order valence-electron chi connectivity index (χ2n) is 3.64. The smallest absolute Gasteiger partial charge is 0.218 e. The lowest BCUT2D eigenvalue weighted by atomic mass is 9.98. The number of likely N-dealkylation sites (tertiary alicyclic amines) is 1. The molecule has 0 unspecified atom stereocenters. The zero-order valence-electron chi connectivity index (χ0n) is 7.76. The zero-order chi connectivity index (χ0) is 9.19. The van der Waals surface area contributed by atoms with Gasteiger partial charge in [-0.05, 0) is 19.9 Å². The fourth-order valence-corrected chi connectivity index (χ4v) is 1.49. The van der Waals surface area contributed by atoms with E-state index in [-0.39, 0.29) is 5.91 Å². The van der Waals surface area contributed by atoms with E-state index in [2.05, 4.69) is 17.3 Å². The Morgan fingerprint density at radius 3 is 2.42 bits per heavy atom. The molecule has 1 rings (SSSR count). The van der Waals surface area contributed by atoms with E-state index >= 15 is 0 Å². The summed E-state index contributed by atoms with van der Waals surface area (Å²) in [5, 5.41) is 2.79. The molecule has 1 amide bonds. The topological polar surface area (TPSA) is 58.4 Å². The molecule has 4 heteroatoms. The summed E-state index contributed by atoms with van der Waals surface area (Å²) in [4.78, 5) is 13.0. The molecule has 0 spiro atoms. The lowest BCUT2D eigenvalue weighted by Crippen LogP contribution is -2.60. The van der Waals surface area contributed by atoms with E-state index in [9.17, 15) is 4.79 Å². The second kappa shape index (κ2) is 3.41. The first kappa shape index (κ1) is 9.48. The molecule has 1 fully saturated rings. The number of nitrogens with one attached hydrogen (secondary N) is 1. The Kier molecular flexibility index (Phi) is 2.69. The molecule has 0 aromatic carbocycles. The highest BCUT2D eigenvalue weighted by Crippen LogP contribution is 2.15. The molecule has 70 valence electrons. The van der Waals surface area contributed by atoms with Crippen LogP contribution in [0.1, 0.15) is 19.8 Å². The highest BCUT2D eigenvalue weighted by atomic mass is 16.1. The number of hydrogen-bond acceptors (Lipinski definition) is 3. The molecule has 0 saturated carbocycles. The van der Waals surface area contributed by atoms with Crippen molar-refractivity contribution in [3.05, 3.63) is 0 Å². The van der Waals surface area contributed by atoms with Gasteiger partial charge in [-0.1, -0.05) is 0 Å². The molecule has 1 heterocycles. The molecule has 1 saturated heterocycles. The maximum absolute atomic E-state index is 10.8. The van der Waals surface area contributed by atoms with Crippen molar-refractivity contribution in [1.29, 1.82) is 0 Å². The number of piperidine rings is 1. The molecule has 0 aromatic heterocycles. The molecule has 0 aromatic rings. The summed E-state index contributed by atoms with van der Waals surface area (Å²) in [7, 11) is 2.06. The number of hydrogen-bond donors (Lipinski definition) is 2. The fraction of sp³-hybridized carbons (Fsp3) is 0.875. The summed E-state index contributed by atoms with van der Waals surface area (Å²) in [5.74, 6) is -0.0398. The Labute approximate surface area is 73.1 Å². The molecule has 0 bridgehead atoms. The summed E-state index contributed by atoms with van der Waals surface area (Å²) in [6.45, 7) is 3.42. The van der Waals surface area contributed by atoms with Crippen LogP contribution >= 0.6 is 0 Å². The first-order valence-corrected chi connectivity index (χ1v) is 4.28.